The van der Waals surface area contributed by atoms with Gasteiger partial charge in [-0.3, -0.25) is 0 Å². The summed E-state index contributed by atoms with van der Waals surface area (Å²) in [4.78, 5) is 0. The molecule has 4 heteroatoms. The molecule has 0 saturated heterocycles. The Balaban J connectivity index is 1.94. The highest BCUT2D eigenvalue weighted by Gasteiger charge is 2.29. The van der Waals surface area contributed by atoms with Crippen LogP contribution in [0.5, 0.6) is 5.75 Å². The van der Waals surface area contributed by atoms with Crippen molar-refractivity contribution in [2.45, 2.75) is 30.9 Å². The monoisotopic (exact) mass is 291 g/mol. The number of methoxy groups -OCH3 is 1. The largest absolute Gasteiger partial charge is 0.497 e. The summed E-state index contributed by atoms with van der Waals surface area (Å²) >= 11 is 7.15. The van der Waals surface area contributed by atoms with Crippen LogP contribution in [0.25, 0.3) is 0 Å². The fourth-order valence-corrected chi connectivity index (χ4v) is 4.24. The number of allylic oxidation sites excluding steroid dienone is 1. The number of nitrogens with one attached hydrogen (secondary N) is 1. The van der Waals surface area contributed by atoms with Crippen LogP contribution in [0.1, 0.15) is 36.5 Å². The molecule has 0 amide bonds. The van der Waals surface area contributed by atoms with Crippen molar-refractivity contribution in [1.82, 2.24) is 5.32 Å². The average Bonchev–Trinajstić information content (AvgIpc) is 2.46. The highest BCUT2D eigenvalue weighted by molar-refractivity contribution is 8.23. The third-order valence-electron chi connectivity index (χ3n) is 3.72. The van der Waals surface area contributed by atoms with E-state index in [1.807, 2.05) is 12.1 Å². The van der Waals surface area contributed by atoms with Crippen LogP contribution in [-0.2, 0) is 0 Å². The molecule has 0 fully saturated rings. The molecule has 0 radical (unpaired) electrons. The summed E-state index contributed by atoms with van der Waals surface area (Å²) in [7, 11) is 1.70. The molecule has 0 bridgehead atoms. The van der Waals surface area contributed by atoms with Gasteiger partial charge >= 0.3 is 0 Å². The lowest BCUT2D eigenvalue weighted by Gasteiger charge is -2.32. The molecule has 0 spiro atoms. The van der Waals surface area contributed by atoms with Crippen molar-refractivity contribution >= 4 is 28.3 Å². The number of benzene rings is 1. The molecule has 0 aromatic heterocycles. The molecular weight excluding hydrogens is 274 g/mol. The molecule has 19 heavy (non-hydrogen) atoms. The minimum Gasteiger partial charge on any atom is -0.497 e. The van der Waals surface area contributed by atoms with Crippen molar-refractivity contribution in [3.05, 3.63) is 41.1 Å². The molecule has 0 saturated carbocycles. The van der Waals surface area contributed by atoms with E-state index in [2.05, 4.69) is 17.4 Å². The number of rotatable bonds is 2. The van der Waals surface area contributed by atoms with E-state index in [0.29, 0.717) is 5.25 Å². The molecule has 2 nitrogen and oxygen atoms in total. The molecule has 2 aliphatic rings. The first-order chi connectivity index (χ1) is 9.28. The predicted octanol–water partition coefficient (Wildman–Crippen LogP) is 4.19. The topological polar surface area (TPSA) is 21.3 Å². The van der Waals surface area contributed by atoms with Gasteiger partial charge in [0.1, 0.15) is 10.1 Å². The highest BCUT2D eigenvalue weighted by Crippen LogP contribution is 2.45. The molecular formula is C15H17NOS2. The molecule has 1 heterocycles. The fraction of sp³-hybridized carbons (Fsp3) is 0.400. The Labute approximate surface area is 123 Å². The zero-order chi connectivity index (χ0) is 13.2. The molecule has 1 atom stereocenters. The Bertz CT molecular complexity index is 521. The molecule has 1 aliphatic heterocycles. The minimum absolute atomic E-state index is 0.384. The number of hydrogen-bond donors (Lipinski definition) is 1. The molecule has 100 valence electrons. The van der Waals surface area contributed by atoms with E-state index in [4.69, 9.17) is 17.0 Å². The number of thioether (sulfide) groups is 1. The Morgan fingerprint density at radius 3 is 2.68 bits per heavy atom. The molecule has 3 rings (SSSR count). The summed E-state index contributed by atoms with van der Waals surface area (Å²) < 4.78 is 6.13. The Kier molecular flexibility index (Phi) is 3.80. The maximum atomic E-state index is 5.39. The average molecular weight is 291 g/mol. The van der Waals surface area contributed by atoms with Crippen LogP contribution in [-0.4, -0.2) is 11.4 Å². The van der Waals surface area contributed by atoms with Gasteiger partial charge in [-0.25, -0.2) is 0 Å². The van der Waals surface area contributed by atoms with Crippen molar-refractivity contribution in [3.63, 3.8) is 0 Å². The fourth-order valence-electron chi connectivity index (χ4n) is 2.74. The molecule has 1 aromatic rings. The van der Waals surface area contributed by atoms with Crippen molar-refractivity contribution in [2.75, 3.05) is 7.11 Å². The summed E-state index contributed by atoms with van der Waals surface area (Å²) in [5.41, 5.74) is 4.23. The maximum absolute atomic E-state index is 5.39. The molecule has 1 aliphatic carbocycles. The van der Waals surface area contributed by atoms with E-state index in [0.717, 1.165) is 16.5 Å². The second-order valence-electron chi connectivity index (χ2n) is 4.89. The number of ether oxygens (including phenoxy) is 1. The number of hydrogen-bond acceptors (Lipinski definition) is 3. The summed E-state index contributed by atoms with van der Waals surface area (Å²) in [6.07, 6.45) is 4.90. The van der Waals surface area contributed by atoms with E-state index in [-0.39, 0.29) is 0 Å². The van der Waals surface area contributed by atoms with Crippen molar-refractivity contribution in [3.8, 4) is 5.75 Å². The normalized spacial score (nSPS) is 22.8. The highest BCUT2D eigenvalue weighted by atomic mass is 32.2. The van der Waals surface area contributed by atoms with E-state index < -0.39 is 0 Å². The van der Waals surface area contributed by atoms with Gasteiger partial charge in [0, 0.05) is 5.70 Å². The van der Waals surface area contributed by atoms with Gasteiger partial charge in [0.2, 0.25) is 0 Å². The van der Waals surface area contributed by atoms with Gasteiger partial charge in [-0.1, -0.05) is 36.1 Å². The van der Waals surface area contributed by atoms with Crippen LogP contribution in [0.3, 0.4) is 0 Å². The van der Waals surface area contributed by atoms with Crippen molar-refractivity contribution in [2.24, 2.45) is 0 Å². The first-order valence-corrected chi connectivity index (χ1v) is 7.90. The summed E-state index contributed by atoms with van der Waals surface area (Å²) in [6, 6.07) is 8.38. The van der Waals surface area contributed by atoms with E-state index >= 15 is 0 Å². The third kappa shape index (κ3) is 2.65. The van der Waals surface area contributed by atoms with Crippen LogP contribution in [0.15, 0.2) is 35.5 Å². The van der Waals surface area contributed by atoms with Crippen LogP contribution < -0.4 is 10.1 Å². The van der Waals surface area contributed by atoms with Crippen LogP contribution in [0.2, 0.25) is 0 Å². The predicted molar refractivity (Wildman–Crippen MR) is 84.6 cm³/mol. The second-order valence-corrected chi connectivity index (χ2v) is 6.68. The smallest absolute Gasteiger partial charge is 0.138 e. The molecule has 1 unspecified atom stereocenters. The summed E-state index contributed by atoms with van der Waals surface area (Å²) in [6.45, 7) is 0. The van der Waals surface area contributed by atoms with Crippen molar-refractivity contribution in [1.29, 1.82) is 0 Å². The molecule has 1 N–H and O–H groups in total. The minimum atomic E-state index is 0.384. The van der Waals surface area contributed by atoms with Crippen molar-refractivity contribution < 1.29 is 4.74 Å². The molecule has 1 aromatic carbocycles. The van der Waals surface area contributed by atoms with Crippen LogP contribution >= 0.6 is 24.0 Å². The first kappa shape index (κ1) is 13.0. The summed E-state index contributed by atoms with van der Waals surface area (Å²) in [5.74, 6) is 0.906. The van der Waals surface area contributed by atoms with Crippen LogP contribution in [0, 0.1) is 0 Å². The Morgan fingerprint density at radius 2 is 1.95 bits per heavy atom. The lowest BCUT2D eigenvalue weighted by Crippen LogP contribution is -2.28. The lowest BCUT2D eigenvalue weighted by atomic mass is 9.91. The third-order valence-corrected chi connectivity index (χ3v) is 5.22. The summed E-state index contributed by atoms with van der Waals surface area (Å²) in [5, 5.41) is 3.77. The van der Waals surface area contributed by atoms with Gasteiger partial charge in [-0.05, 0) is 49.0 Å². The standard InChI is InChI=1S/C15H17NOS2/c1-17-11-8-6-10(7-9-11)14-12-4-2-3-5-13(12)16-15(18)19-14/h6-9,14H,2-5H2,1H3,(H,16,18). The van der Waals surface area contributed by atoms with E-state index in [1.165, 1.54) is 36.1 Å². The SMILES string of the molecule is COc1ccc(C2SC(=S)NC3=C2CCCC3)cc1. The maximum Gasteiger partial charge on any atom is 0.138 e. The second kappa shape index (κ2) is 5.55. The van der Waals surface area contributed by atoms with Gasteiger partial charge in [0.25, 0.3) is 0 Å². The van der Waals surface area contributed by atoms with Crippen LogP contribution in [0.4, 0.5) is 0 Å². The zero-order valence-corrected chi connectivity index (χ0v) is 12.6. The van der Waals surface area contributed by atoms with Gasteiger partial charge in [-0.15, -0.1) is 0 Å². The Morgan fingerprint density at radius 1 is 1.21 bits per heavy atom. The van der Waals surface area contributed by atoms with E-state index in [9.17, 15) is 0 Å². The quantitative estimate of drug-likeness (QED) is 0.825. The Hall–Kier alpha value is -1.00. The van der Waals surface area contributed by atoms with E-state index in [1.54, 1.807) is 18.9 Å². The first-order valence-electron chi connectivity index (χ1n) is 6.61. The van der Waals surface area contributed by atoms with Gasteiger partial charge in [0.15, 0.2) is 0 Å². The zero-order valence-electron chi connectivity index (χ0n) is 10.9. The van der Waals surface area contributed by atoms with Gasteiger partial charge in [-0.2, -0.15) is 0 Å². The van der Waals surface area contributed by atoms with Gasteiger partial charge in [0.05, 0.1) is 12.4 Å². The van der Waals surface area contributed by atoms with Gasteiger partial charge < -0.3 is 10.1 Å². The number of thiocarbonyl (C=S) groups is 1. The lowest BCUT2D eigenvalue weighted by molar-refractivity contribution is 0.414.